The summed E-state index contributed by atoms with van der Waals surface area (Å²) < 4.78 is 0. The molecule has 3 fully saturated rings. The van der Waals surface area contributed by atoms with Gasteiger partial charge in [-0.05, 0) is 64.1 Å². The first kappa shape index (κ1) is 26.4. The lowest BCUT2D eigenvalue weighted by atomic mass is 9.97. The van der Waals surface area contributed by atoms with Gasteiger partial charge in [-0.25, -0.2) is 0 Å². The maximum absolute atomic E-state index is 12.4. The normalized spacial score (nSPS) is 26.2. The van der Waals surface area contributed by atoms with Crippen molar-refractivity contribution < 1.29 is 9.59 Å². The molecule has 0 saturated carbocycles. The van der Waals surface area contributed by atoms with E-state index < -0.39 is 0 Å². The van der Waals surface area contributed by atoms with Gasteiger partial charge in [0.15, 0.2) is 0 Å². The molecule has 2 amide bonds. The molecule has 3 N–H and O–H groups in total. The average molecular weight is 452 g/mol. The molecule has 2 unspecified atom stereocenters. The molecule has 0 aliphatic carbocycles. The Bertz CT molecular complexity index is 497. The number of piperidine rings is 2. The first-order chi connectivity index (χ1) is 13.1. The molecule has 3 heterocycles. The third kappa shape index (κ3) is 8.58. The first-order valence-corrected chi connectivity index (χ1v) is 10.9. The lowest BCUT2D eigenvalue weighted by molar-refractivity contribution is -0.125. The topological polar surface area (TPSA) is 76.7 Å². The molecule has 170 valence electrons. The van der Waals surface area contributed by atoms with Crippen LogP contribution in [0, 0.1) is 5.92 Å². The summed E-state index contributed by atoms with van der Waals surface area (Å²) in [5.41, 5.74) is 0. The largest absolute Gasteiger partial charge is 0.354 e. The summed E-state index contributed by atoms with van der Waals surface area (Å²) in [6, 6.07) is 0.327. The highest BCUT2D eigenvalue weighted by Crippen LogP contribution is 2.16. The van der Waals surface area contributed by atoms with E-state index in [-0.39, 0.29) is 42.7 Å². The van der Waals surface area contributed by atoms with Crippen molar-refractivity contribution in [3.63, 3.8) is 0 Å². The Kier molecular flexibility index (Phi) is 12.4. The van der Waals surface area contributed by atoms with Crippen LogP contribution < -0.4 is 16.0 Å². The molecule has 0 spiro atoms. The highest BCUT2D eigenvalue weighted by atomic mass is 35.5. The van der Waals surface area contributed by atoms with E-state index in [1.807, 2.05) is 0 Å². The van der Waals surface area contributed by atoms with Crippen molar-refractivity contribution in [2.24, 2.45) is 5.92 Å². The number of carbonyl (C=O) groups excluding carboxylic acids is 2. The van der Waals surface area contributed by atoms with Gasteiger partial charge in [-0.2, -0.15) is 0 Å². The van der Waals surface area contributed by atoms with E-state index in [0.717, 1.165) is 84.3 Å². The Morgan fingerprint density at radius 1 is 1.00 bits per heavy atom. The minimum atomic E-state index is -0.00500. The average Bonchev–Trinajstić information content (AvgIpc) is 3.22. The fraction of sp³-hybridized carbons (Fsp3) is 0.900. The molecule has 3 aliphatic heterocycles. The summed E-state index contributed by atoms with van der Waals surface area (Å²) in [5, 5.41) is 9.58. The van der Waals surface area contributed by atoms with Gasteiger partial charge >= 0.3 is 0 Å². The number of nitrogens with zero attached hydrogens (tertiary/aromatic N) is 2. The number of halogens is 2. The second kappa shape index (κ2) is 13.7. The Labute approximate surface area is 187 Å². The molecule has 2 atom stereocenters. The maximum Gasteiger partial charge on any atom is 0.237 e. The third-order valence-electron chi connectivity index (χ3n) is 6.31. The van der Waals surface area contributed by atoms with Gasteiger partial charge in [0.25, 0.3) is 0 Å². The van der Waals surface area contributed by atoms with Gasteiger partial charge in [0.2, 0.25) is 11.8 Å². The zero-order valence-corrected chi connectivity index (χ0v) is 19.3. The van der Waals surface area contributed by atoms with Crippen molar-refractivity contribution in [3.8, 4) is 0 Å². The minimum absolute atomic E-state index is 0. The molecule has 0 aromatic rings. The van der Waals surface area contributed by atoms with Gasteiger partial charge in [-0.3, -0.25) is 14.5 Å². The molecule has 3 rings (SSSR count). The van der Waals surface area contributed by atoms with Crippen molar-refractivity contribution in [2.75, 3.05) is 52.4 Å². The molecular weight excluding hydrogens is 413 g/mol. The standard InChI is InChI=1S/C20H37N5O2.2ClH/c1-2-24-11-7-17(8-12-24)23-19(26)15-25-10-4-5-16(14-25)13-22-20(27)18-6-3-9-21-18;;/h16-18,21H,2-15H2,1H3,(H,22,27)(H,23,26);2*1H. The fourth-order valence-electron chi connectivity index (χ4n) is 4.61. The molecule has 9 heteroatoms. The second-order valence-electron chi connectivity index (χ2n) is 8.41. The fourth-order valence-corrected chi connectivity index (χ4v) is 4.61. The van der Waals surface area contributed by atoms with E-state index in [4.69, 9.17) is 0 Å². The van der Waals surface area contributed by atoms with Crippen LogP contribution in [-0.2, 0) is 9.59 Å². The molecular formula is C20H39Cl2N5O2. The lowest BCUT2D eigenvalue weighted by Gasteiger charge is -2.34. The van der Waals surface area contributed by atoms with Gasteiger partial charge in [-0.1, -0.05) is 6.92 Å². The van der Waals surface area contributed by atoms with Gasteiger partial charge in [0.1, 0.15) is 0 Å². The van der Waals surface area contributed by atoms with E-state index in [9.17, 15) is 9.59 Å². The van der Waals surface area contributed by atoms with Crippen LogP contribution in [0.4, 0.5) is 0 Å². The highest BCUT2D eigenvalue weighted by Gasteiger charge is 2.26. The number of rotatable bonds is 7. The number of nitrogens with one attached hydrogen (secondary N) is 3. The van der Waals surface area contributed by atoms with Gasteiger partial charge in [-0.15, -0.1) is 24.8 Å². The Balaban J connectivity index is 0.00000210. The summed E-state index contributed by atoms with van der Waals surface area (Å²) in [5.74, 6) is 0.746. The van der Waals surface area contributed by atoms with Crippen LogP contribution in [-0.4, -0.2) is 86.1 Å². The summed E-state index contributed by atoms with van der Waals surface area (Å²) in [7, 11) is 0. The van der Waals surface area contributed by atoms with Gasteiger partial charge in [0, 0.05) is 32.2 Å². The van der Waals surface area contributed by atoms with E-state index in [1.54, 1.807) is 0 Å². The zero-order valence-electron chi connectivity index (χ0n) is 17.7. The van der Waals surface area contributed by atoms with Crippen LogP contribution >= 0.6 is 24.8 Å². The molecule has 0 aromatic carbocycles. The molecule has 0 radical (unpaired) electrons. The molecule has 0 aromatic heterocycles. The zero-order chi connectivity index (χ0) is 19.1. The molecule has 3 aliphatic rings. The predicted molar refractivity (Wildman–Crippen MR) is 121 cm³/mol. The van der Waals surface area contributed by atoms with Crippen LogP contribution in [0.5, 0.6) is 0 Å². The van der Waals surface area contributed by atoms with Crippen molar-refractivity contribution in [1.82, 2.24) is 25.8 Å². The lowest BCUT2D eigenvalue weighted by Crippen LogP contribution is -2.50. The predicted octanol–water partition coefficient (Wildman–Crippen LogP) is 1.01. The summed E-state index contributed by atoms with van der Waals surface area (Å²) >= 11 is 0. The molecule has 7 nitrogen and oxygen atoms in total. The van der Waals surface area contributed by atoms with E-state index in [2.05, 4.69) is 32.7 Å². The highest BCUT2D eigenvalue weighted by molar-refractivity contribution is 5.85. The molecule has 3 saturated heterocycles. The number of amides is 2. The Hall–Kier alpha value is -0.600. The molecule has 29 heavy (non-hydrogen) atoms. The summed E-state index contributed by atoms with van der Waals surface area (Å²) in [4.78, 5) is 29.3. The van der Waals surface area contributed by atoms with Crippen molar-refractivity contribution >= 4 is 36.6 Å². The smallest absolute Gasteiger partial charge is 0.237 e. The SMILES string of the molecule is CCN1CCC(NC(=O)CN2CCCC(CNC(=O)C3CCCN3)C2)CC1.Cl.Cl. The Morgan fingerprint density at radius 3 is 2.41 bits per heavy atom. The monoisotopic (exact) mass is 451 g/mol. The number of carbonyl (C=O) groups is 2. The number of hydrogen-bond donors (Lipinski definition) is 3. The van der Waals surface area contributed by atoms with Crippen LogP contribution in [0.3, 0.4) is 0 Å². The van der Waals surface area contributed by atoms with E-state index >= 15 is 0 Å². The quantitative estimate of drug-likeness (QED) is 0.538. The van der Waals surface area contributed by atoms with Crippen LogP contribution in [0.15, 0.2) is 0 Å². The summed E-state index contributed by atoms with van der Waals surface area (Å²) in [6.07, 6.45) is 6.38. The van der Waals surface area contributed by atoms with Crippen LogP contribution in [0.25, 0.3) is 0 Å². The van der Waals surface area contributed by atoms with Gasteiger partial charge < -0.3 is 20.9 Å². The van der Waals surface area contributed by atoms with Crippen molar-refractivity contribution in [3.05, 3.63) is 0 Å². The minimum Gasteiger partial charge on any atom is -0.354 e. The van der Waals surface area contributed by atoms with E-state index in [0.29, 0.717) is 18.5 Å². The maximum atomic E-state index is 12.4. The second-order valence-corrected chi connectivity index (χ2v) is 8.41. The Morgan fingerprint density at radius 2 is 1.76 bits per heavy atom. The third-order valence-corrected chi connectivity index (χ3v) is 6.31. The number of hydrogen-bond acceptors (Lipinski definition) is 5. The van der Waals surface area contributed by atoms with Crippen molar-refractivity contribution in [1.29, 1.82) is 0 Å². The summed E-state index contributed by atoms with van der Waals surface area (Å²) in [6.45, 7) is 9.51. The van der Waals surface area contributed by atoms with Gasteiger partial charge in [0.05, 0.1) is 12.6 Å². The molecule has 0 bridgehead atoms. The van der Waals surface area contributed by atoms with Crippen molar-refractivity contribution in [2.45, 2.75) is 57.5 Å². The van der Waals surface area contributed by atoms with Crippen LogP contribution in [0.1, 0.15) is 45.4 Å². The first-order valence-electron chi connectivity index (χ1n) is 10.9. The van der Waals surface area contributed by atoms with Crippen LogP contribution in [0.2, 0.25) is 0 Å². The number of likely N-dealkylation sites (tertiary alicyclic amines) is 2. The van der Waals surface area contributed by atoms with E-state index in [1.165, 1.54) is 0 Å².